The van der Waals surface area contributed by atoms with E-state index in [9.17, 15) is 9.59 Å². The van der Waals surface area contributed by atoms with Crippen LogP contribution in [0, 0.1) is 6.92 Å². The first kappa shape index (κ1) is 17.8. The first-order chi connectivity index (χ1) is 11.4. The van der Waals surface area contributed by atoms with Crippen molar-refractivity contribution < 1.29 is 14.3 Å². The molecule has 5 nitrogen and oxygen atoms in total. The lowest BCUT2D eigenvalue weighted by Crippen LogP contribution is -2.35. The van der Waals surface area contributed by atoms with Crippen LogP contribution in [0.1, 0.15) is 15.9 Å². The minimum Gasteiger partial charge on any atom is -0.495 e. The molecular formula is C18H19ClN2O3. The molecule has 2 amide bonds. The van der Waals surface area contributed by atoms with Crippen LogP contribution in [-0.4, -0.2) is 37.4 Å². The van der Waals surface area contributed by atoms with Gasteiger partial charge in [0.25, 0.3) is 5.91 Å². The molecule has 0 spiro atoms. The van der Waals surface area contributed by atoms with Crippen LogP contribution in [0.2, 0.25) is 5.02 Å². The molecule has 0 atom stereocenters. The van der Waals surface area contributed by atoms with Gasteiger partial charge in [-0.3, -0.25) is 9.59 Å². The van der Waals surface area contributed by atoms with Gasteiger partial charge in [-0.2, -0.15) is 0 Å². The van der Waals surface area contributed by atoms with Crippen molar-refractivity contribution in [1.29, 1.82) is 0 Å². The number of carbonyl (C=O) groups excluding carboxylic acids is 2. The average molecular weight is 347 g/mol. The number of halogens is 1. The molecule has 0 saturated heterocycles. The largest absolute Gasteiger partial charge is 0.495 e. The van der Waals surface area contributed by atoms with Crippen molar-refractivity contribution in [3.05, 3.63) is 58.6 Å². The normalized spacial score (nSPS) is 10.2. The van der Waals surface area contributed by atoms with E-state index in [1.54, 1.807) is 37.4 Å². The number of likely N-dealkylation sites (N-methyl/N-ethyl adjacent to an activating group) is 1. The number of amides is 2. The van der Waals surface area contributed by atoms with E-state index in [-0.39, 0.29) is 18.4 Å². The minimum absolute atomic E-state index is 0.0810. The second-order valence-corrected chi connectivity index (χ2v) is 5.86. The molecule has 126 valence electrons. The number of ether oxygens (including phenoxy) is 1. The Morgan fingerprint density at radius 2 is 1.83 bits per heavy atom. The molecule has 0 aliphatic rings. The Hall–Kier alpha value is -2.53. The minimum atomic E-state index is -0.335. The fraction of sp³-hybridized carbons (Fsp3) is 0.222. The quantitative estimate of drug-likeness (QED) is 0.903. The lowest BCUT2D eigenvalue weighted by molar-refractivity contribution is -0.116. The molecule has 6 heteroatoms. The first-order valence-electron chi connectivity index (χ1n) is 7.36. The highest BCUT2D eigenvalue weighted by Crippen LogP contribution is 2.27. The molecule has 0 bridgehead atoms. The van der Waals surface area contributed by atoms with Gasteiger partial charge < -0.3 is 15.0 Å². The maximum atomic E-state index is 12.3. The summed E-state index contributed by atoms with van der Waals surface area (Å²) in [6, 6.07) is 12.1. The Labute approximate surface area is 146 Å². The van der Waals surface area contributed by atoms with Gasteiger partial charge in [0.1, 0.15) is 5.75 Å². The number of carbonyl (C=O) groups is 2. The number of rotatable bonds is 5. The molecule has 0 radical (unpaired) electrons. The third-order valence-electron chi connectivity index (χ3n) is 3.46. The van der Waals surface area contributed by atoms with E-state index in [2.05, 4.69) is 5.32 Å². The van der Waals surface area contributed by atoms with Crippen molar-refractivity contribution >= 4 is 29.1 Å². The predicted octanol–water partition coefficient (Wildman–Crippen LogP) is 3.37. The molecule has 0 fully saturated rings. The molecule has 0 heterocycles. The molecule has 0 aliphatic carbocycles. The van der Waals surface area contributed by atoms with Crippen LogP contribution in [0.3, 0.4) is 0 Å². The van der Waals surface area contributed by atoms with E-state index in [1.807, 2.05) is 19.1 Å². The monoisotopic (exact) mass is 346 g/mol. The lowest BCUT2D eigenvalue weighted by atomic mass is 10.1. The molecular weight excluding hydrogens is 328 g/mol. The van der Waals surface area contributed by atoms with E-state index in [0.29, 0.717) is 22.0 Å². The molecule has 0 saturated carbocycles. The summed E-state index contributed by atoms with van der Waals surface area (Å²) in [6.45, 7) is 1.87. The van der Waals surface area contributed by atoms with Crippen LogP contribution < -0.4 is 10.1 Å². The summed E-state index contributed by atoms with van der Waals surface area (Å²) in [5.41, 5.74) is 2.07. The summed E-state index contributed by atoms with van der Waals surface area (Å²) in [4.78, 5) is 25.9. The smallest absolute Gasteiger partial charge is 0.254 e. The Kier molecular flexibility index (Phi) is 5.82. The summed E-state index contributed by atoms with van der Waals surface area (Å²) >= 11 is 5.93. The summed E-state index contributed by atoms with van der Waals surface area (Å²) < 4.78 is 5.18. The second kappa shape index (κ2) is 7.84. The number of methoxy groups -OCH3 is 1. The number of nitrogens with one attached hydrogen (secondary N) is 1. The van der Waals surface area contributed by atoms with Gasteiger partial charge in [0.2, 0.25) is 5.91 Å². The van der Waals surface area contributed by atoms with E-state index in [4.69, 9.17) is 16.3 Å². The van der Waals surface area contributed by atoms with Crippen molar-refractivity contribution in [1.82, 2.24) is 4.90 Å². The summed E-state index contributed by atoms with van der Waals surface area (Å²) in [5.74, 6) is -0.0537. The summed E-state index contributed by atoms with van der Waals surface area (Å²) in [5, 5.41) is 3.19. The van der Waals surface area contributed by atoms with E-state index in [0.717, 1.165) is 5.56 Å². The van der Waals surface area contributed by atoms with Gasteiger partial charge >= 0.3 is 0 Å². The van der Waals surface area contributed by atoms with Crippen molar-refractivity contribution in [3.8, 4) is 5.75 Å². The van der Waals surface area contributed by atoms with Crippen molar-refractivity contribution in [2.45, 2.75) is 6.92 Å². The van der Waals surface area contributed by atoms with Crippen LogP contribution in [-0.2, 0) is 4.79 Å². The fourth-order valence-electron chi connectivity index (χ4n) is 2.17. The highest BCUT2D eigenvalue weighted by molar-refractivity contribution is 6.31. The molecule has 2 aromatic rings. The van der Waals surface area contributed by atoms with E-state index in [1.165, 1.54) is 12.0 Å². The second-order valence-electron chi connectivity index (χ2n) is 5.42. The van der Waals surface area contributed by atoms with E-state index < -0.39 is 0 Å². The molecule has 0 unspecified atom stereocenters. The molecule has 1 N–H and O–H groups in total. The Bertz CT molecular complexity index is 744. The summed E-state index contributed by atoms with van der Waals surface area (Å²) in [7, 11) is 3.09. The predicted molar refractivity (Wildman–Crippen MR) is 94.8 cm³/mol. The van der Waals surface area contributed by atoms with Gasteiger partial charge in [-0.15, -0.1) is 0 Å². The maximum Gasteiger partial charge on any atom is 0.254 e. The maximum absolute atomic E-state index is 12.3. The SMILES string of the molecule is COc1ccc(Cl)cc1NC(=O)CN(C)C(=O)c1ccc(C)cc1. The molecule has 0 aliphatic heterocycles. The van der Waals surface area contributed by atoms with Gasteiger partial charge in [0.05, 0.1) is 19.3 Å². The third kappa shape index (κ3) is 4.49. The zero-order chi connectivity index (χ0) is 17.7. The Morgan fingerprint density at radius 3 is 2.46 bits per heavy atom. The average Bonchev–Trinajstić information content (AvgIpc) is 2.55. The summed E-state index contributed by atoms with van der Waals surface area (Å²) in [6.07, 6.45) is 0. The Morgan fingerprint density at radius 1 is 1.17 bits per heavy atom. The number of hydrogen-bond acceptors (Lipinski definition) is 3. The first-order valence-corrected chi connectivity index (χ1v) is 7.74. The zero-order valence-corrected chi connectivity index (χ0v) is 14.6. The van der Waals surface area contributed by atoms with Crippen molar-refractivity contribution in [2.24, 2.45) is 0 Å². The van der Waals surface area contributed by atoms with Crippen LogP contribution >= 0.6 is 11.6 Å². The van der Waals surface area contributed by atoms with Crippen LogP contribution in [0.4, 0.5) is 5.69 Å². The fourth-order valence-corrected chi connectivity index (χ4v) is 2.34. The highest BCUT2D eigenvalue weighted by Gasteiger charge is 2.16. The van der Waals surface area contributed by atoms with Gasteiger partial charge in [-0.05, 0) is 37.3 Å². The highest BCUT2D eigenvalue weighted by atomic mass is 35.5. The van der Waals surface area contributed by atoms with Gasteiger partial charge in [0, 0.05) is 17.6 Å². The molecule has 2 rings (SSSR count). The third-order valence-corrected chi connectivity index (χ3v) is 3.70. The van der Waals surface area contributed by atoms with Crippen LogP contribution in [0.25, 0.3) is 0 Å². The Balaban J connectivity index is 2.02. The van der Waals surface area contributed by atoms with Crippen molar-refractivity contribution in [3.63, 3.8) is 0 Å². The van der Waals surface area contributed by atoms with Crippen molar-refractivity contribution in [2.75, 3.05) is 26.0 Å². The lowest BCUT2D eigenvalue weighted by Gasteiger charge is -2.18. The zero-order valence-electron chi connectivity index (χ0n) is 13.8. The van der Waals surface area contributed by atoms with Gasteiger partial charge in [-0.1, -0.05) is 29.3 Å². The number of nitrogens with zero attached hydrogens (tertiary/aromatic N) is 1. The molecule has 0 aromatic heterocycles. The number of anilines is 1. The number of hydrogen-bond donors (Lipinski definition) is 1. The van der Waals surface area contributed by atoms with Crippen LogP contribution in [0.5, 0.6) is 5.75 Å². The number of benzene rings is 2. The molecule has 24 heavy (non-hydrogen) atoms. The van der Waals surface area contributed by atoms with E-state index >= 15 is 0 Å². The standard InChI is InChI=1S/C18H19ClN2O3/c1-12-4-6-13(7-5-12)18(23)21(2)11-17(22)20-15-10-14(19)8-9-16(15)24-3/h4-10H,11H2,1-3H3,(H,20,22). The van der Waals surface area contributed by atoms with Gasteiger partial charge in [-0.25, -0.2) is 0 Å². The number of aryl methyl sites for hydroxylation is 1. The van der Waals surface area contributed by atoms with Gasteiger partial charge in [0.15, 0.2) is 0 Å². The van der Waals surface area contributed by atoms with Crippen LogP contribution in [0.15, 0.2) is 42.5 Å². The topological polar surface area (TPSA) is 58.6 Å². The molecule has 2 aromatic carbocycles.